The van der Waals surface area contributed by atoms with Crippen molar-refractivity contribution in [1.29, 1.82) is 0 Å². The Labute approximate surface area is 217 Å². The van der Waals surface area contributed by atoms with E-state index in [0.717, 1.165) is 47.3 Å². The van der Waals surface area contributed by atoms with Gasteiger partial charge in [-0.1, -0.05) is 36.4 Å². The topological polar surface area (TPSA) is 30.9 Å². The summed E-state index contributed by atoms with van der Waals surface area (Å²) >= 11 is 0. The van der Waals surface area contributed by atoms with Crippen LogP contribution in [0.1, 0.15) is 41.5 Å². The molecule has 1 saturated heterocycles. The van der Waals surface area contributed by atoms with E-state index in [-0.39, 0.29) is 17.8 Å². The zero-order valence-electron chi connectivity index (χ0n) is 21.6. The predicted molar refractivity (Wildman–Crippen MR) is 143 cm³/mol. The van der Waals surface area contributed by atoms with Gasteiger partial charge in [0.25, 0.3) is 0 Å². The number of halogens is 2. The fourth-order valence-electron chi connectivity index (χ4n) is 5.80. The zero-order valence-corrected chi connectivity index (χ0v) is 21.6. The van der Waals surface area contributed by atoms with Crippen molar-refractivity contribution in [2.24, 2.45) is 5.92 Å². The first-order chi connectivity index (χ1) is 18.0. The number of rotatable bonds is 7. The summed E-state index contributed by atoms with van der Waals surface area (Å²) in [6.07, 6.45) is 2.87. The van der Waals surface area contributed by atoms with Crippen LogP contribution in [-0.4, -0.2) is 40.7 Å². The van der Waals surface area contributed by atoms with Crippen molar-refractivity contribution in [2.45, 2.75) is 32.0 Å². The number of fused-ring (bicyclic) bond motifs is 1. The smallest absolute Gasteiger partial charge is 0.159 e. The van der Waals surface area contributed by atoms with Gasteiger partial charge in [-0.15, -0.1) is 0 Å². The van der Waals surface area contributed by atoms with Crippen molar-refractivity contribution in [1.82, 2.24) is 0 Å². The van der Waals surface area contributed by atoms with Crippen LogP contribution in [-0.2, 0) is 15.9 Å². The number of anilines is 1. The number of methoxy groups -OCH3 is 3. The fourth-order valence-corrected chi connectivity index (χ4v) is 5.80. The highest BCUT2D eigenvalue weighted by atomic mass is 19.1. The van der Waals surface area contributed by atoms with Gasteiger partial charge in [0.2, 0.25) is 0 Å². The number of piperidine rings is 1. The molecule has 0 N–H and O–H groups in total. The van der Waals surface area contributed by atoms with Crippen LogP contribution in [0.4, 0.5) is 14.5 Å². The van der Waals surface area contributed by atoms with E-state index in [1.54, 1.807) is 21.3 Å². The minimum absolute atomic E-state index is 0.0300. The highest BCUT2D eigenvalue weighted by Gasteiger charge is 2.30. The molecule has 0 atom stereocenters. The molecule has 1 aliphatic heterocycles. The Hall–Kier alpha value is -3.22. The maximum Gasteiger partial charge on any atom is 0.159 e. The van der Waals surface area contributed by atoms with Gasteiger partial charge in [0, 0.05) is 38.9 Å². The third kappa shape index (κ3) is 5.00. The Morgan fingerprint density at radius 3 is 2.14 bits per heavy atom. The number of aryl methyl sites for hydroxylation is 1. The van der Waals surface area contributed by atoms with Gasteiger partial charge in [-0.05, 0) is 77.8 Å². The summed E-state index contributed by atoms with van der Waals surface area (Å²) in [7, 11) is 4.91. The molecule has 1 heterocycles. The third-order valence-electron chi connectivity index (χ3n) is 7.68. The molecule has 0 amide bonds. The minimum atomic E-state index is -0.545. The van der Waals surface area contributed by atoms with Crippen molar-refractivity contribution in [2.75, 3.05) is 39.3 Å². The number of hydrogen-bond acceptors (Lipinski definition) is 4. The fraction of sp³-hybridized carbons (Fsp3) is 0.355. The summed E-state index contributed by atoms with van der Waals surface area (Å²) in [4.78, 5) is 2.04. The molecule has 4 nitrogen and oxygen atoms in total. The Bertz CT molecular complexity index is 1260. The Morgan fingerprint density at radius 1 is 0.838 bits per heavy atom. The summed E-state index contributed by atoms with van der Waals surface area (Å²) in [5, 5.41) is 0. The lowest BCUT2D eigenvalue weighted by molar-refractivity contribution is -0.141. The van der Waals surface area contributed by atoms with Gasteiger partial charge in [0.15, 0.2) is 6.29 Å². The molecule has 2 aliphatic rings. The number of allylic oxidation sites excluding steroid dienone is 1. The second-order valence-corrected chi connectivity index (χ2v) is 9.69. The Morgan fingerprint density at radius 2 is 1.51 bits per heavy atom. The molecular formula is C31H33F2NO3. The van der Waals surface area contributed by atoms with E-state index in [9.17, 15) is 0 Å². The average Bonchev–Trinajstić information content (AvgIpc) is 2.94. The lowest BCUT2D eigenvalue weighted by Crippen LogP contribution is -2.39. The molecular weight excluding hydrogens is 472 g/mol. The summed E-state index contributed by atoms with van der Waals surface area (Å²) < 4.78 is 48.1. The lowest BCUT2D eigenvalue weighted by atomic mass is 9.79. The molecule has 1 aliphatic carbocycles. The Balaban J connectivity index is 1.54. The highest BCUT2D eigenvalue weighted by Crippen LogP contribution is 2.44. The first-order valence-electron chi connectivity index (χ1n) is 12.8. The van der Waals surface area contributed by atoms with Gasteiger partial charge < -0.3 is 19.1 Å². The van der Waals surface area contributed by atoms with E-state index >= 15 is 8.78 Å². The molecule has 3 aromatic rings. The SMILES string of the molecule is COc1ccc2c(c1)CCC(c1ccccc1)=C2c1c(F)cc(N2CCC(C(OC)OC)CC2)cc1F. The largest absolute Gasteiger partial charge is 0.497 e. The summed E-state index contributed by atoms with van der Waals surface area (Å²) in [6.45, 7) is 1.37. The third-order valence-corrected chi connectivity index (χ3v) is 7.68. The molecule has 0 spiro atoms. The van der Waals surface area contributed by atoms with Crippen LogP contribution in [0.2, 0.25) is 0 Å². The molecule has 6 heteroatoms. The molecule has 5 rings (SSSR count). The second kappa shape index (κ2) is 11.0. The molecule has 194 valence electrons. The van der Waals surface area contributed by atoms with Gasteiger partial charge >= 0.3 is 0 Å². The quantitative estimate of drug-likeness (QED) is 0.334. The van der Waals surface area contributed by atoms with Crippen LogP contribution < -0.4 is 9.64 Å². The van der Waals surface area contributed by atoms with E-state index in [1.807, 2.05) is 53.4 Å². The highest BCUT2D eigenvalue weighted by molar-refractivity contribution is 6.01. The summed E-state index contributed by atoms with van der Waals surface area (Å²) in [6, 6.07) is 18.6. The van der Waals surface area contributed by atoms with E-state index < -0.39 is 11.6 Å². The van der Waals surface area contributed by atoms with Crippen LogP contribution >= 0.6 is 0 Å². The van der Waals surface area contributed by atoms with Crippen molar-refractivity contribution < 1.29 is 23.0 Å². The maximum atomic E-state index is 15.9. The standard InChI is InChI=1S/C31H33F2NO3/c1-35-24-10-12-26-22(17-24)9-11-25(20-7-5-4-6-8-20)29(26)30-27(32)18-23(19-28(30)33)34-15-13-21(14-16-34)31(36-2)37-3/h4-8,10,12,17-19,21,31H,9,11,13-16H2,1-3H3. The van der Waals surface area contributed by atoms with Gasteiger partial charge in [0.1, 0.15) is 17.4 Å². The van der Waals surface area contributed by atoms with E-state index in [4.69, 9.17) is 14.2 Å². The maximum absolute atomic E-state index is 15.9. The number of ether oxygens (including phenoxy) is 3. The zero-order chi connectivity index (χ0) is 25.9. The van der Waals surface area contributed by atoms with Gasteiger partial charge in [-0.2, -0.15) is 0 Å². The van der Waals surface area contributed by atoms with Crippen molar-refractivity contribution >= 4 is 16.8 Å². The van der Waals surface area contributed by atoms with Gasteiger partial charge in [-0.3, -0.25) is 0 Å². The van der Waals surface area contributed by atoms with Gasteiger partial charge in [0.05, 0.1) is 12.7 Å². The first kappa shape index (κ1) is 25.4. The molecule has 37 heavy (non-hydrogen) atoms. The van der Waals surface area contributed by atoms with Crippen LogP contribution in [0.15, 0.2) is 60.7 Å². The number of nitrogens with zero attached hydrogens (tertiary/aromatic N) is 1. The number of benzene rings is 3. The van der Waals surface area contributed by atoms with E-state index in [2.05, 4.69) is 0 Å². The van der Waals surface area contributed by atoms with Crippen molar-refractivity contribution in [3.05, 3.63) is 94.6 Å². The van der Waals surface area contributed by atoms with E-state index in [0.29, 0.717) is 30.8 Å². The molecule has 0 aromatic heterocycles. The predicted octanol–water partition coefficient (Wildman–Crippen LogP) is 6.71. The summed E-state index contributed by atoms with van der Waals surface area (Å²) in [5.74, 6) is -0.0913. The molecule has 3 aromatic carbocycles. The lowest BCUT2D eigenvalue weighted by Gasteiger charge is -2.36. The molecule has 0 unspecified atom stereocenters. The van der Waals surface area contributed by atoms with Crippen molar-refractivity contribution in [3.63, 3.8) is 0 Å². The minimum Gasteiger partial charge on any atom is -0.497 e. The normalized spacial score (nSPS) is 16.3. The monoisotopic (exact) mass is 505 g/mol. The Kier molecular flexibility index (Phi) is 7.58. The van der Waals surface area contributed by atoms with Crippen LogP contribution in [0.5, 0.6) is 5.75 Å². The van der Waals surface area contributed by atoms with Crippen LogP contribution in [0.3, 0.4) is 0 Å². The summed E-state index contributed by atoms with van der Waals surface area (Å²) in [5.41, 5.74) is 5.04. The average molecular weight is 506 g/mol. The van der Waals surface area contributed by atoms with Gasteiger partial charge in [-0.25, -0.2) is 8.78 Å². The molecule has 0 saturated carbocycles. The number of hydrogen-bond donors (Lipinski definition) is 0. The molecule has 0 radical (unpaired) electrons. The second-order valence-electron chi connectivity index (χ2n) is 9.69. The van der Waals surface area contributed by atoms with Crippen LogP contribution in [0, 0.1) is 17.6 Å². The molecule has 1 fully saturated rings. The van der Waals surface area contributed by atoms with E-state index in [1.165, 1.54) is 12.1 Å². The molecule has 0 bridgehead atoms. The van der Waals surface area contributed by atoms with Crippen molar-refractivity contribution in [3.8, 4) is 5.75 Å². The first-order valence-corrected chi connectivity index (χ1v) is 12.8. The van der Waals surface area contributed by atoms with Crippen LogP contribution in [0.25, 0.3) is 11.1 Å².